The zero-order valence-corrected chi connectivity index (χ0v) is 34.8. The topological polar surface area (TPSA) is 145 Å². The first-order valence-corrected chi connectivity index (χ1v) is 21.4. The van der Waals surface area contributed by atoms with Crippen molar-refractivity contribution in [3.05, 3.63) is 172 Å². The molecular weight excluding hydrogens is 797 g/mol. The minimum atomic E-state index is -0.880. The first kappa shape index (κ1) is 37.9. The van der Waals surface area contributed by atoms with Crippen molar-refractivity contribution >= 4 is 30.4 Å². The number of fused-ring (bicyclic) bond motifs is 13. The summed E-state index contributed by atoms with van der Waals surface area (Å²) in [5.41, 5.74) is 11.1. The summed E-state index contributed by atoms with van der Waals surface area (Å²) < 4.78 is 0. The molecule has 4 aliphatic carbocycles. The van der Waals surface area contributed by atoms with Gasteiger partial charge in [-0.1, -0.05) is 123 Å². The number of phenols is 7. The van der Waals surface area contributed by atoms with Crippen LogP contribution in [0.2, 0.25) is 0 Å². The Kier molecular flexibility index (Phi) is 7.64. The molecule has 9 heteroatoms. The Hall–Kier alpha value is -7.78. The Balaban J connectivity index is 1.15. The van der Waals surface area contributed by atoms with Crippen molar-refractivity contribution in [3.63, 3.8) is 0 Å². The summed E-state index contributed by atoms with van der Waals surface area (Å²) in [6, 6.07) is 45.5. The molecule has 8 aromatic rings. The Bertz CT molecular complexity index is 3290. The van der Waals surface area contributed by atoms with Gasteiger partial charge in [-0.15, -0.1) is 0 Å². The molecule has 0 unspecified atom stereocenters. The summed E-state index contributed by atoms with van der Waals surface area (Å²) in [5.74, 6) is -5.84. The van der Waals surface area contributed by atoms with E-state index in [1.807, 2.05) is 48.5 Å². The number of hydrogen-bond acceptors (Lipinski definition) is 8. The molecule has 8 aromatic carbocycles. The molecule has 310 valence electrons. The Labute approximate surface area is 370 Å². The van der Waals surface area contributed by atoms with Gasteiger partial charge in [0, 0.05) is 27.9 Å². The zero-order chi connectivity index (χ0) is 44.1. The molecule has 64 heavy (non-hydrogen) atoms. The predicted molar refractivity (Wildman–Crippen MR) is 249 cm³/mol. The average molecular weight is 838 g/mol. The highest BCUT2D eigenvalue weighted by molar-refractivity contribution is 6.37. The van der Waals surface area contributed by atoms with E-state index in [-0.39, 0.29) is 22.7 Å². The molecule has 2 radical (unpaired) electrons. The molecule has 1 fully saturated rings. The van der Waals surface area contributed by atoms with Crippen LogP contribution >= 0.6 is 0 Å². The van der Waals surface area contributed by atoms with Gasteiger partial charge < -0.3 is 40.6 Å². The van der Waals surface area contributed by atoms with Gasteiger partial charge in [0.25, 0.3) is 0 Å². The summed E-state index contributed by atoms with van der Waals surface area (Å²) in [4.78, 5) is 1.64. The second-order valence-corrected chi connectivity index (χ2v) is 18.0. The fraction of sp³-hybridized carbons (Fsp3) is 0.127. The molecular formula is C55H40BNO7. The quantitative estimate of drug-likeness (QED) is 0.0515. The summed E-state index contributed by atoms with van der Waals surface area (Å²) in [6.45, 7) is 4.31. The monoisotopic (exact) mass is 837 g/mol. The highest BCUT2D eigenvalue weighted by Gasteiger charge is 2.52. The number of aromatic hydroxyl groups is 7. The van der Waals surface area contributed by atoms with Crippen LogP contribution < -0.4 is 10.4 Å². The second kappa shape index (κ2) is 12.9. The van der Waals surface area contributed by atoms with Crippen LogP contribution in [0.1, 0.15) is 71.6 Å². The smallest absolute Gasteiger partial charge is 0.186 e. The zero-order valence-electron chi connectivity index (χ0n) is 34.8. The summed E-state index contributed by atoms with van der Waals surface area (Å²) >= 11 is 0. The first-order valence-electron chi connectivity index (χ1n) is 21.4. The van der Waals surface area contributed by atoms with Crippen LogP contribution in [0, 0.1) is 0 Å². The molecule has 12 rings (SSSR count). The maximum atomic E-state index is 12.4. The van der Waals surface area contributed by atoms with Gasteiger partial charge in [0.05, 0.1) is 11.0 Å². The van der Waals surface area contributed by atoms with Gasteiger partial charge in [-0.25, -0.2) is 0 Å². The van der Waals surface area contributed by atoms with E-state index in [0.29, 0.717) is 24.2 Å². The highest BCUT2D eigenvalue weighted by atomic mass is 16.3. The van der Waals surface area contributed by atoms with Crippen molar-refractivity contribution in [1.82, 2.24) is 0 Å². The number of anilines is 3. The fourth-order valence-electron chi connectivity index (χ4n) is 11.4. The summed E-state index contributed by atoms with van der Waals surface area (Å²) in [6.07, 6.45) is 1.15. The molecule has 0 amide bonds. The predicted octanol–water partition coefficient (Wildman–Crippen LogP) is 11.1. The minimum absolute atomic E-state index is 0.0271. The largest absolute Gasteiger partial charge is 0.508 e. The lowest BCUT2D eigenvalue weighted by Gasteiger charge is -2.33. The third-order valence-electron chi connectivity index (χ3n) is 14.4. The van der Waals surface area contributed by atoms with Crippen LogP contribution in [0.4, 0.5) is 17.1 Å². The fourth-order valence-corrected chi connectivity index (χ4v) is 11.4. The number of nitrogens with zero attached hydrogens (tertiary/aromatic N) is 1. The lowest BCUT2D eigenvalue weighted by Crippen LogP contribution is -2.26. The van der Waals surface area contributed by atoms with Gasteiger partial charge in [0.1, 0.15) is 19.3 Å². The van der Waals surface area contributed by atoms with E-state index < -0.39 is 62.1 Å². The maximum absolute atomic E-state index is 12.4. The van der Waals surface area contributed by atoms with E-state index in [1.165, 1.54) is 0 Å². The van der Waals surface area contributed by atoms with Crippen molar-refractivity contribution in [2.45, 2.75) is 43.4 Å². The SMILES string of the molecule is [B]c1c(O)c(O)c(C2CC2)c(-c2c(O)c(O)c(N(c3ccc4c(c3)C(C)(C)c3ccccc3-4)c3ccc4c(c3)C3(c5ccccc5-c5ccccc53)c3ccccc3-4)c(O)c2O)c1O. The molecule has 1 spiro atoms. The lowest BCUT2D eigenvalue weighted by atomic mass is 9.70. The normalized spacial score (nSPS) is 15.3. The van der Waals surface area contributed by atoms with Crippen LogP contribution in [-0.4, -0.2) is 43.6 Å². The van der Waals surface area contributed by atoms with E-state index in [1.54, 1.807) is 4.90 Å². The van der Waals surface area contributed by atoms with Crippen LogP contribution in [-0.2, 0) is 10.8 Å². The average Bonchev–Trinajstić information content (AvgIpc) is 4.01. The molecule has 8 nitrogen and oxygen atoms in total. The van der Waals surface area contributed by atoms with E-state index in [9.17, 15) is 35.7 Å². The van der Waals surface area contributed by atoms with Crippen molar-refractivity contribution < 1.29 is 35.7 Å². The molecule has 0 aromatic heterocycles. The van der Waals surface area contributed by atoms with Crippen molar-refractivity contribution in [2.24, 2.45) is 0 Å². The Morgan fingerprint density at radius 3 is 1.36 bits per heavy atom. The lowest BCUT2D eigenvalue weighted by molar-refractivity contribution is 0.376. The minimum Gasteiger partial charge on any atom is -0.508 e. The highest BCUT2D eigenvalue weighted by Crippen LogP contribution is 2.66. The van der Waals surface area contributed by atoms with Crippen LogP contribution in [0.15, 0.2) is 133 Å². The van der Waals surface area contributed by atoms with E-state index in [4.69, 9.17) is 7.85 Å². The standard InChI is InChI=1S/C55H40BNO7/c1-54(2)36-15-7-3-11-30(36)34-23-21-28(25-40(34)54)57(46-52(63)49(60)44(50(61)53(46)64)43-42(27-19-20-27)48(59)51(62)45(56)47(43)58)29-22-24-35-33-14-6-10-18-39(33)55(41(35)26-29)37-16-8-4-12-31(37)32-13-5-9-17-38(32)55/h3-18,21-27,58-64H,19-20H2,1-2H3. The molecule has 0 saturated heterocycles. The molecule has 0 heterocycles. The first-order chi connectivity index (χ1) is 30.9. The molecule has 0 aliphatic heterocycles. The molecule has 0 atom stereocenters. The van der Waals surface area contributed by atoms with Gasteiger partial charge in [0.15, 0.2) is 34.5 Å². The second-order valence-electron chi connectivity index (χ2n) is 18.0. The third-order valence-corrected chi connectivity index (χ3v) is 14.4. The Morgan fingerprint density at radius 1 is 0.438 bits per heavy atom. The number of benzene rings is 8. The van der Waals surface area contributed by atoms with Gasteiger partial charge >= 0.3 is 0 Å². The van der Waals surface area contributed by atoms with E-state index >= 15 is 0 Å². The molecule has 7 N–H and O–H groups in total. The van der Waals surface area contributed by atoms with Gasteiger partial charge in [-0.2, -0.15) is 0 Å². The van der Waals surface area contributed by atoms with Crippen molar-refractivity contribution in [3.8, 4) is 84.8 Å². The molecule has 4 aliphatic rings. The van der Waals surface area contributed by atoms with Gasteiger partial charge in [0.2, 0.25) is 0 Å². The van der Waals surface area contributed by atoms with Crippen molar-refractivity contribution in [1.29, 1.82) is 0 Å². The Morgan fingerprint density at radius 2 is 0.859 bits per heavy atom. The number of phenolic OH excluding ortho intramolecular Hbond substituents is 7. The number of rotatable bonds is 5. The van der Waals surface area contributed by atoms with Crippen LogP contribution in [0.25, 0.3) is 44.5 Å². The maximum Gasteiger partial charge on any atom is 0.186 e. The van der Waals surface area contributed by atoms with E-state index in [0.717, 1.165) is 66.8 Å². The number of hydrogen-bond donors (Lipinski definition) is 7. The van der Waals surface area contributed by atoms with Crippen LogP contribution in [0.5, 0.6) is 40.2 Å². The molecule has 0 bridgehead atoms. The van der Waals surface area contributed by atoms with E-state index in [2.05, 4.69) is 98.8 Å². The summed E-state index contributed by atoms with van der Waals surface area (Å²) in [7, 11) is 6.04. The molecule has 1 saturated carbocycles. The van der Waals surface area contributed by atoms with Gasteiger partial charge in [-0.05, 0) is 115 Å². The third kappa shape index (κ3) is 4.68. The summed E-state index contributed by atoms with van der Waals surface area (Å²) in [5, 5.41) is 82.3. The van der Waals surface area contributed by atoms with Crippen molar-refractivity contribution in [2.75, 3.05) is 4.90 Å². The van der Waals surface area contributed by atoms with Gasteiger partial charge in [-0.3, -0.25) is 0 Å². The van der Waals surface area contributed by atoms with Crippen LogP contribution in [0.3, 0.4) is 0 Å².